The minimum absolute atomic E-state index is 0.0426. The van der Waals surface area contributed by atoms with E-state index in [-0.39, 0.29) is 22.9 Å². The van der Waals surface area contributed by atoms with Crippen molar-refractivity contribution in [2.75, 3.05) is 5.73 Å². The summed E-state index contributed by atoms with van der Waals surface area (Å²) in [5.74, 6) is -2.28. The smallest absolute Gasteiger partial charge is 0.326 e. The maximum Gasteiger partial charge on any atom is 0.326 e. The summed E-state index contributed by atoms with van der Waals surface area (Å²) < 4.78 is 0. The molecule has 1 rings (SSSR count). The highest BCUT2D eigenvalue weighted by Gasteiger charge is 2.25. The van der Waals surface area contributed by atoms with Gasteiger partial charge in [-0.15, -0.1) is 0 Å². The highest BCUT2D eigenvalue weighted by Crippen LogP contribution is 2.20. The predicted molar refractivity (Wildman–Crippen MR) is 71.2 cm³/mol. The summed E-state index contributed by atoms with van der Waals surface area (Å²) in [6, 6.07) is 2.33. The summed E-state index contributed by atoms with van der Waals surface area (Å²) >= 11 is 0. The van der Waals surface area contributed by atoms with Crippen LogP contribution in [0.5, 0.6) is 0 Å². The second-order valence-electron chi connectivity index (χ2n) is 4.56. The van der Waals surface area contributed by atoms with Gasteiger partial charge in [-0.3, -0.25) is 14.9 Å². The lowest BCUT2D eigenvalue weighted by molar-refractivity contribution is -0.384. The number of carbonyl (C=O) groups is 2. The first-order valence-corrected chi connectivity index (χ1v) is 5.81. The van der Waals surface area contributed by atoms with Crippen LogP contribution < -0.4 is 11.1 Å². The number of benzene rings is 1. The van der Waals surface area contributed by atoms with E-state index in [0.29, 0.717) is 0 Å². The molecule has 1 aromatic rings. The fraction of sp³-hybridized carbons (Fsp3) is 0.333. The second kappa shape index (κ2) is 6.00. The molecule has 1 aromatic carbocycles. The lowest BCUT2D eigenvalue weighted by atomic mass is 10.0. The summed E-state index contributed by atoms with van der Waals surface area (Å²) in [5.41, 5.74) is 5.22. The first-order chi connectivity index (χ1) is 9.23. The van der Waals surface area contributed by atoms with Crippen molar-refractivity contribution in [2.45, 2.75) is 19.9 Å². The molecule has 0 aromatic heterocycles. The predicted octanol–water partition coefficient (Wildman–Crippen LogP) is 1.02. The molecule has 0 heterocycles. The Morgan fingerprint density at radius 3 is 2.45 bits per heavy atom. The minimum Gasteiger partial charge on any atom is -0.480 e. The Bertz CT molecular complexity index is 556. The summed E-state index contributed by atoms with van der Waals surface area (Å²) in [6.07, 6.45) is 0. The van der Waals surface area contributed by atoms with Gasteiger partial charge in [-0.05, 0) is 12.0 Å². The molecule has 0 aliphatic carbocycles. The standard InChI is InChI=1S/C12H15N3O5/c1-6(2)10(12(17)18)14-11(16)8-5-7(15(19)20)3-4-9(8)13/h3-6,10H,13H2,1-2H3,(H,14,16)(H,17,18)/t10-/m0/s1. The number of hydrogen-bond donors (Lipinski definition) is 3. The third-order valence-electron chi connectivity index (χ3n) is 2.71. The molecule has 108 valence electrons. The summed E-state index contributed by atoms with van der Waals surface area (Å²) in [7, 11) is 0. The van der Waals surface area contributed by atoms with Crippen molar-refractivity contribution in [3.05, 3.63) is 33.9 Å². The number of nitrogens with zero attached hydrogens (tertiary/aromatic N) is 1. The summed E-state index contributed by atoms with van der Waals surface area (Å²) in [6.45, 7) is 3.27. The van der Waals surface area contributed by atoms with Crippen LogP contribution in [0, 0.1) is 16.0 Å². The van der Waals surface area contributed by atoms with E-state index in [1.54, 1.807) is 13.8 Å². The van der Waals surface area contributed by atoms with E-state index in [4.69, 9.17) is 10.8 Å². The Hall–Kier alpha value is -2.64. The van der Waals surface area contributed by atoms with E-state index >= 15 is 0 Å². The van der Waals surface area contributed by atoms with Gasteiger partial charge in [0.25, 0.3) is 11.6 Å². The monoisotopic (exact) mass is 281 g/mol. The fourth-order valence-electron chi connectivity index (χ4n) is 1.59. The topological polar surface area (TPSA) is 136 Å². The van der Waals surface area contributed by atoms with E-state index < -0.39 is 22.8 Å². The van der Waals surface area contributed by atoms with E-state index in [1.165, 1.54) is 12.1 Å². The van der Waals surface area contributed by atoms with Crippen molar-refractivity contribution in [1.29, 1.82) is 0 Å². The Morgan fingerprint density at radius 1 is 1.40 bits per heavy atom. The number of nitro groups is 1. The lowest BCUT2D eigenvalue weighted by Crippen LogP contribution is -2.44. The quantitative estimate of drug-likeness (QED) is 0.418. The van der Waals surface area contributed by atoms with E-state index in [9.17, 15) is 19.7 Å². The molecule has 1 amide bonds. The van der Waals surface area contributed by atoms with Gasteiger partial charge < -0.3 is 16.2 Å². The number of nitrogens with one attached hydrogen (secondary N) is 1. The van der Waals surface area contributed by atoms with Gasteiger partial charge >= 0.3 is 5.97 Å². The van der Waals surface area contributed by atoms with Gasteiger partial charge in [-0.2, -0.15) is 0 Å². The van der Waals surface area contributed by atoms with Crippen molar-refractivity contribution < 1.29 is 19.6 Å². The second-order valence-corrected chi connectivity index (χ2v) is 4.56. The molecule has 4 N–H and O–H groups in total. The first-order valence-electron chi connectivity index (χ1n) is 5.81. The number of non-ortho nitro benzene ring substituents is 1. The Kier molecular flexibility index (Phi) is 4.63. The van der Waals surface area contributed by atoms with Crippen LogP contribution in [0.15, 0.2) is 18.2 Å². The van der Waals surface area contributed by atoms with Crippen molar-refractivity contribution in [3.63, 3.8) is 0 Å². The van der Waals surface area contributed by atoms with Crippen LogP contribution in [-0.4, -0.2) is 27.9 Å². The Morgan fingerprint density at radius 2 is 2.00 bits per heavy atom. The number of aliphatic carboxylic acids is 1. The van der Waals surface area contributed by atoms with Gasteiger partial charge in [-0.25, -0.2) is 4.79 Å². The van der Waals surface area contributed by atoms with Gasteiger partial charge in [0.05, 0.1) is 10.5 Å². The number of amides is 1. The number of carboxylic acids is 1. The van der Waals surface area contributed by atoms with Crippen LogP contribution in [0.25, 0.3) is 0 Å². The first kappa shape index (κ1) is 15.4. The minimum atomic E-state index is -1.18. The zero-order valence-electron chi connectivity index (χ0n) is 11.0. The molecular weight excluding hydrogens is 266 g/mol. The maximum absolute atomic E-state index is 12.0. The summed E-state index contributed by atoms with van der Waals surface area (Å²) in [5, 5.41) is 22.0. The lowest BCUT2D eigenvalue weighted by Gasteiger charge is -2.18. The molecule has 8 nitrogen and oxygen atoms in total. The molecule has 0 aliphatic rings. The summed E-state index contributed by atoms with van der Waals surface area (Å²) in [4.78, 5) is 33.0. The number of carbonyl (C=O) groups excluding carboxylic acids is 1. The van der Waals surface area contributed by atoms with Crippen molar-refractivity contribution in [1.82, 2.24) is 5.32 Å². The van der Waals surface area contributed by atoms with Crippen LogP contribution in [0.4, 0.5) is 11.4 Å². The number of nitro benzene ring substituents is 1. The van der Waals surface area contributed by atoms with Crippen LogP contribution in [0.2, 0.25) is 0 Å². The molecule has 8 heteroatoms. The molecule has 0 unspecified atom stereocenters. The SMILES string of the molecule is CC(C)[C@H](NC(=O)c1cc([N+](=O)[O-])ccc1N)C(=O)O. The molecule has 1 atom stereocenters. The number of rotatable bonds is 5. The molecule has 0 spiro atoms. The zero-order valence-corrected chi connectivity index (χ0v) is 11.0. The Balaban J connectivity index is 3.05. The van der Waals surface area contributed by atoms with E-state index in [1.807, 2.05) is 0 Å². The molecule has 0 saturated heterocycles. The average Bonchev–Trinajstić information content (AvgIpc) is 2.34. The number of nitrogen functional groups attached to an aromatic ring is 1. The number of carboxylic acid groups (broad SMARTS) is 1. The molecule has 0 radical (unpaired) electrons. The fourth-order valence-corrected chi connectivity index (χ4v) is 1.59. The molecular formula is C12H15N3O5. The van der Waals surface area contributed by atoms with Crippen molar-refractivity contribution in [2.24, 2.45) is 5.92 Å². The van der Waals surface area contributed by atoms with Gasteiger partial charge in [0.1, 0.15) is 6.04 Å². The third-order valence-corrected chi connectivity index (χ3v) is 2.71. The van der Waals surface area contributed by atoms with Crippen molar-refractivity contribution >= 4 is 23.3 Å². The molecule has 0 saturated carbocycles. The van der Waals surface area contributed by atoms with E-state index in [0.717, 1.165) is 6.07 Å². The van der Waals surface area contributed by atoms with Crippen LogP contribution in [0.1, 0.15) is 24.2 Å². The van der Waals surface area contributed by atoms with Gasteiger partial charge in [0.2, 0.25) is 0 Å². The number of anilines is 1. The molecule has 20 heavy (non-hydrogen) atoms. The van der Waals surface area contributed by atoms with E-state index in [2.05, 4.69) is 5.32 Å². The third kappa shape index (κ3) is 3.44. The van der Waals surface area contributed by atoms with Crippen LogP contribution in [-0.2, 0) is 4.79 Å². The van der Waals surface area contributed by atoms with Gasteiger partial charge in [0, 0.05) is 17.8 Å². The zero-order chi connectivity index (χ0) is 15.4. The largest absolute Gasteiger partial charge is 0.480 e. The number of hydrogen-bond acceptors (Lipinski definition) is 5. The molecule has 0 fully saturated rings. The van der Waals surface area contributed by atoms with Gasteiger partial charge in [0.15, 0.2) is 0 Å². The highest BCUT2D eigenvalue weighted by molar-refractivity contribution is 6.01. The molecule has 0 aliphatic heterocycles. The maximum atomic E-state index is 12.0. The van der Waals surface area contributed by atoms with Crippen LogP contribution >= 0.6 is 0 Å². The van der Waals surface area contributed by atoms with Gasteiger partial charge in [-0.1, -0.05) is 13.8 Å². The normalized spacial score (nSPS) is 11.9. The van der Waals surface area contributed by atoms with Crippen molar-refractivity contribution in [3.8, 4) is 0 Å². The number of nitrogens with two attached hydrogens (primary N) is 1. The molecule has 0 bridgehead atoms. The average molecular weight is 281 g/mol. The Labute approximate surface area is 114 Å². The van der Waals surface area contributed by atoms with Crippen LogP contribution in [0.3, 0.4) is 0 Å². The highest BCUT2D eigenvalue weighted by atomic mass is 16.6.